The third-order valence-electron chi connectivity index (χ3n) is 2.29. The quantitative estimate of drug-likeness (QED) is 0.761. The minimum absolute atomic E-state index is 0.0000787. The molecule has 1 atom stereocenters. The predicted molar refractivity (Wildman–Crippen MR) is 63.4 cm³/mol. The first-order chi connectivity index (χ1) is 7.26. The first kappa shape index (κ1) is 11.7. The van der Waals surface area contributed by atoms with Crippen LogP contribution in [-0.2, 0) is 12.8 Å². The van der Waals surface area contributed by atoms with Gasteiger partial charge in [-0.1, -0.05) is 31.8 Å². The summed E-state index contributed by atoms with van der Waals surface area (Å²) in [6.45, 7) is 4.16. The smallest absolute Gasteiger partial charge is 0.0662 e. The molecule has 0 fully saturated rings. The summed E-state index contributed by atoms with van der Waals surface area (Å²) in [6, 6.07) is 4.13. The third kappa shape index (κ3) is 4.14. The molecule has 1 unspecified atom stereocenters. The van der Waals surface area contributed by atoms with E-state index in [4.69, 9.17) is 5.73 Å². The summed E-state index contributed by atoms with van der Waals surface area (Å²) in [5.74, 6) is 6.05. The van der Waals surface area contributed by atoms with Crippen LogP contribution in [0.5, 0.6) is 0 Å². The van der Waals surface area contributed by atoms with Gasteiger partial charge in [-0.3, -0.25) is 4.98 Å². The van der Waals surface area contributed by atoms with Crippen LogP contribution in [-0.4, -0.2) is 11.0 Å². The van der Waals surface area contributed by atoms with Crippen LogP contribution < -0.4 is 5.73 Å². The van der Waals surface area contributed by atoms with Crippen molar-refractivity contribution in [3.8, 4) is 11.8 Å². The largest absolute Gasteiger partial charge is 0.318 e. The van der Waals surface area contributed by atoms with E-state index in [1.165, 1.54) is 5.56 Å². The number of aryl methyl sites for hydroxylation is 1. The van der Waals surface area contributed by atoms with Crippen LogP contribution in [0.25, 0.3) is 0 Å². The molecule has 0 saturated carbocycles. The van der Waals surface area contributed by atoms with E-state index in [1.807, 2.05) is 19.2 Å². The van der Waals surface area contributed by atoms with Crippen LogP contribution in [0.4, 0.5) is 0 Å². The van der Waals surface area contributed by atoms with E-state index in [1.54, 1.807) is 0 Å². The fourth-order valence-electron chi connectivity index (χ4n) is 1.14. The Balaban J connectivity index is 2.53. The van der Waals surface area contributed by atoms with Gasteiger partial charge in [-0.25, -0.2) is 0 Å². The molecule has 80 valence electrons. The zero-order chi connectivity index (χ0) is 11.1. The van der Waals surface area contributed by atoms with Gasteiger partial charge < -0.3 is 5.73 Å². The van der Waals surface area contributed by atoms with Gasteiger partial charge in [-0.15, -0.1) is 0 Å². The Kier molecular flexibility index (Phi) is 4.86. The molecule has 0 saturated heterocycles. The molecule has 1 aromatic rings. The SMILES string of the molecule is CCc1ccc(CC#CC(N)CC)nc1. The van der Waals surface area contributed by atoms with Crippen molar-refractivity contribution in [2.75, 3.05) is 0 Å². The number of rotatable bonds is 3. The molecular weight excluding hydrogens is 184 g/mol. The van der Waals surface area contributed by atoms with Gasteiger partial charge in [0.1, 0.15) is 0 Å². The van der Waals surface area contributed by atoms with Gasteiger partial charge >= 0.3 is 0 Å². The molecular formula is C13H18N2. The van der Waals surface area contributed by atoms with Crippen molar-refractivity contribution < 1.29 is 0 Å². The van der Waals surface area contributed by atoms with E-state index in [9.17, 15) is 0 Å². The van der Waals surface area contributed by atoms with Crippen molar-refractivity contribution in [2.24, 2.45) is 5.73 Å². The van der Waals surface area contributed by atoms with E-state index >= 15 is 0 Å². The summed E-state index contributed by atoms with van der Waals surface area (Å²) in [6.07, 6.45) is 4.53. The van der Waals surface area contributed by atoms with Crippen LogP contribution in [0.3, 0.4) is 0 Å². The first-order valence-electron chi connectivity index (χ1n) is 5.44. The van der Waals surface area contributed by atoms with E-state index < -0.39 is 0 Å². The lowest BCUT2D eigenvalue weighted by Crippen LogP contribution is -2.15. The van der Waals surface area contributed by atoms with Crippen molar-refractivity contribution in [1.82, 2.24) is 4.98 Å². The standard InChI is InChI=1S/C13H18N2/c1-3-11-8-9-13(15-10-11)7-5-6-12(14)4-2/h8-10,12H,3-4,7,14H2,1-2H3. The topological polar surface area (TPSA) is 38.9 Å². The number of pyridine rings is 1. The lowest BCUT2D eigenvalue weighted by molar-refractivity contribution is 0.805. The lowest BCUT2D eigenvalue weighted by atomic mass is 10.2. The number of nitrogens with two attached hydrogens (primary N) is 1. The highest BCUT2D eigenvalue weighted by molar-refractivity contribution is 5.19. The summed E-state index contributed by atoms with van der Waals surface area (Å²) in [4.78, 5) is 4.33. The summed E-state index contributed by atoms with van der Waals surface area (Å²) < 4.78 is 0. The van der Waals surface area contributed by atoms with Gasteiger partial charge in [0, 0.05) is 6.20 Å². The Hall–Kier alpha value is -1.33. The number of hydrogen-bond acceptors (Lipinski definition) is 2. The summed E-state index contributed by atoms with van der Waals surface area (Å²) in [7, 11) is 0. The molecule has 1 rings (SSSR count). The molecule has 2 nitrogen and oxygen atoms in total. The molecule has 0 aliphatic heterocycles. The molecule has 0 spiro atoms. The number of hydrogen-bond donors (Lipinski definition) is 1. The Morgan fingerprint density at radius 1 is 1.40 bits per heavy atom. The van der Waals surface area contributed by atoms with E-state index in [0.717, 1.165) is 18.5 Å². The number of aromatic nitrogens is 1. The van der Waals surface area contributed by atoms with Gasteiger partial charge in [0.05, 0.1) is 18.2 Å². The van der Waals surface area contributed by atoms with Gasteiger partial charge in [-0.05, 0) is 24.5 Å². The molecule has 2 N–H and O–H groups in total. The van der Waals surface area contributed by atoms with Crippen molar-refractivity contribution in [3.63, 3.8) is 0 Å². The monoisotopic (exact) mass is 202 g/mol. The maximum Gasteiger partial charge on any atom is 0.0662 e. The highest BCUT2D eigenvalue weighted by Crippen LogP contribution is 2.01. The zero-order valence-electron chi connectivity index (χ0n) is 9.46. The maximum absolute atomic E-state index is 5.69. The van der Waals surface area contributed by atoms with Crippen LogP contribution >= 0.6 is 0 Å². The van der Waals surface area contributed by atoms with Gasteiger partial charge in [0.15, 0.2) is 0 Å². The second kappa shape index (κ2) is 6.21. The molecule has 1 aromatic heterocycles. The van der Waals surface area contributed by atoms with Crippen molar-refractivity contribution in [3.05, 3.63) is 29.6 Å². The molecule has 0 radical (unpaired) electrons. The third-order valence-corrected chi connectivity index (χ3v) is 2.29. The molecule has 0 aliphatic rings. The molecule has 0 aromatic carbocycles. The fourth-order valence-corrected chi connectivity index (χ4v) is 1.14. The van der Waals surface area contributed by atoms with Crippen LogP contribution in [0.15, 0.2) is 18.3 Å². The van der Waals surface area contributed by atoms with Crippen LogP contribution in [0, 0.1) is 11.8 Å². The minimum atomic E-state index is -0.0000787. The lowest BCUT2D eigenvalue weighted by Gasteiger charge is -1.98. The van der Waals surface area contributed by atoms with E-state index in [0.29, 0.717) is 6.42 Å². The average Bonchev–Trinajstić information content (AvgIpc) is 2.29. The average molecular weight is 202 g/mol. The molecule has 0 amide bonds. The Morgan fingerprint density at radius 3 is 2.73 bits per heavy atom. The number of nitrogens with zero attached hydrogens (tertiary/aromatic N) is 1. The maximum atomic E-state index is 5.69. The molecule has 0 bridgehead atoms. The van der Waals surface area contributed by atoms with Crippen molar-refractivity contribution in [2.45, 2.75) is 39.2 Å². The zero-order valence-corrected chi connectivity index (χ0v) is 9.46. The second-order valence-corrected chi connectivity index (χ2v) is 3.52. The van der Waals surface area contributed by atoms with Crippen LogP contribution in [0.1, 0.15) is 31.5 Å². The highest BCUT2D eigenvalue weighted by atomic mass is 14.7. The van der Waals surface area contributed by atoms with Crippen LogP contribution in [0.2, 0.25) is 0 Å². The predicted octanol–water partition coefficient (Wildman–Crippen LogP) is 1.93. The highest BCUT2D eigenvalue weighted by Gasteiger charge is 1.93. The van der Waals surface area contributed by atoms with Gasteiger partial charge in [-0.2, -0.15) is 0 Å². The van der Waals surface area contributed by atoms with Gasteiger partial charge in [0.2, 0.25) is 0 Å². The summed E-state index contributed by atoms with van der Waals surface area (Å²) >= 11 is 0. The second-order valence-electron chi connectivity index (χ2n) is 3.52. The molecule has 2 heteroatoms. The fraction of sp³-hybridized carbons (Fsp3) is 0.462. The first-order valence-corrected chi connectivity index (χ1v) is 5.44. The summed E-state index contributed by atoms with van der Waals surface area (Å²) in [5, 5.41) is 0. The van der Waals surface area contributed by atoms with Crippen molar-refractivity contribution >= 4 is 0 Å². The van der Waals surface area contributed by atoms with E-state index in [-0.39, 0.29) is 6.04 Å². The minimum Gasteiger partial charge on any atom is -0.318 e. The summed E-state index contributed by atoms with van der Waals surface area (Å²) in [5.41, 5.74) is 7.97. The Labute approximate surface area is 91.9 Å². The Morgan fingerprint density at radius 2 is 2.20 bits per heavy atom. The Bertz CT molecular complexity index is 343. The normalized spacial score (nSPS) is 11.7. The van der Waals surface area contributed by atoms with Crippen molar-refractivity contribution in [1.29, 1.82) is 0 Å². The molecule has 1 heterocycles. The van der Waals surface area contributed by atoms with E-state index in [2.05, 4.69) is 29.8 Å². The van der Waals surface area contributed by atoms with Gasteiger partial charge in [0.25, 0.3) is 0 Å². The molecule has 0 aliphatic carbocycles. The molecule has 15 heavy (non-hydrogen) atoms.